The average molecular weight is 769 g/mol. The molecule has 4 aliphatic rings. The molecule has 0 radical (unpaired) electrons. The van der Waals surface area contributed by atoms with Crippen LogP contribution in [0.5, 0.6) is 5.75 Å². The average Bonchev–Trinajstić information content (AvgIpc) is 3.61. The van der Waals surface area contributed by atoms with E-state index in [9.17, 15) is 18.0 Å². The molecule has 12 heteroatoms. The maximum atomic E-state index is 14.1. The summed E-state index contributed by atoms with van der Waals surface area (Å²) in [5, 5.41) is -0.155. The van der Waals surface area contributed by atoms with Gasteiger partial charge >= 0.3 is 0 Å². The number of carbonyl (C=O) groups is 2. The summed E-state index contributed by atoms with van der Waals surface area (Å²) in [5.41, 5.74) is 2.08. The van der Waals surface area contributed by atoms with Crippen molar-refractivity contribution < 1.29 is 27.5 Å². The number of likely N-dealkylation sites (tertiary alicyclic amines) is 1. The van der Waals surface area contributed by atoms with Gasteiger partial charge in [0.1, 0.15) is 12.4 Å². The van der Waals surface area contributed by atoms with Crippen molar-refractivity contribution in [2.24, 2.45) is 17.3 Å². The van der Waals surface area contributed by atoms with Crippen LogP contribution in [0.3, 0.4) is 0 Å². The van der Waals surface area contributed by atoms with E-state index in [4.69, 9.17) is 21.1 Å². The van der Waals surface area contributed by atoms with Gasteiger partial charge in [-0.05, 0) is 125 Å². The van der Waals surface area contributed by atoms with Crippen LogP contribution >= 0.6 is 11.6 Å². The summed E-state index contributed by atoms with van der Waals surface area (Å²) in [5.74, 6) is -0.262. The summed E-state index contributed by atoms with van der Waals surface area (Å²) in [6, 6.07) is 11.4. The van der Waals surface area contributed by atoms with Crippen molar-refractivity contribution in [2.45, 2.75) is 95.6 Å². The fourth-order valence-electron chi connectivity index (χ4n) is 8.87. The summed E-state index contributed by atoms with van der Waals surface area (Å²) >= 11 is 6.40. The van der Waals surface area contributed by atoms with Gasteiger partial charge < -0.3 is 24.2 Å². The first kappa shape index (κ1) is 39.6. The van der Waals surface area contributed by atoms with Crippen molar-refractivity contribution >= 4 is 39.1 Å². The molecule has 1 aliphatic carbocycles. The minimum Gasteiger partial charge on any atom is -0.487 e. The van der Waals surface area contributed by atoms with E-state index in [-0.39, 0.29) is 35.1 Å². The van der Waals surface area contributed by atoms with Crippen molar-refractivity contribution in [1.82, 2.24) is 14.5 Å². The van der Waals surface area contributed by atoms with Crippen molar-refractivity contribution in [2.75, 3.05) is 52.3 Å². The third kappa shape index (κ3) is 8.43. The van der Waals surface area contributed by atoms with E-state index in [1.807, 2.05) is 36.1 Å². The van der Waals surface area contributed by atoms with Crippen molar-refractivity contribution in [3.05, 3.63) is 70.3 Å². The molecule has 290 valence electrons. The summed E-state index contributed by atoms with van der Waals surface area (Å²) in [7, 11) is 1.81. The highest BCUT2D eigenvalue weighted by molar-refractivity contribution is 7.90. The number of hydrogen-bond donors (Lipinski definition) is 1. The number of methoxy groups -OCH3 is 1. The number of hydrogen-bond acceptors (Lipinski definition) is 8. The number of likely N-dealkylation sites (N-methyl/N-ethyl adjacent to an activating group) is 1. The first-order valence-electron chi connectivity index (χ1n) is 19.2. The molecule has 1 saturated carbocycles. The molecule has 10 nitrogen and oxygen atoms in total. The third-order valence-electron chi connectivity index (χ3n) is 12.7. The number of ether oxygens (including phenoxy) is 2. The predicted molar refractivity (Wildman–Crippen MR) is 210 cm³/mol. The van der Waals surface area contributed by atoms with E-state index in [1.54, 1.807) is 32.2 Å². The molecule has 6 rings (SSSR count). The Morgan fingerprint density at radius 3 is 2.58 bits per heavy atom. The quantitative estimate of drug-likeness (QED) is 0.354. The van der Waals surface area contributed by atoms with Crippen LogP contribution in [0.25, 0.3) is 0 Å². The molecule has 1 N–H and O–H groups in total. The minimum atomic E-state index is -4.02. The molecule has 3 aliphatic heterocycles. The summed E-state index contributed by atoms with van der Waals surface area (Å²) < 4.78 is 42.6. The molecule has 3 heterocycles. The summed E-state index contributed by atoms with van der Waals surface area (Å²) in [6.07, 6.45) is 10.1. The number of aryl methyl sites for hydroxylation is 1. The van der Waals surface area contributed by atoms with Gasteiger partial charge in [0.05, 0.1) is 23.0 Å². The zero-order valence-electron chi connectivity index (χ0n) is 32.2. The smallest absolute Gasteiger partial charge is 0.264 e. The SMILES string of the molecule is CO[C@@]1(CC(=O)N2CC[C@@H](N(C)C)C2)/C=C/C[C@H](C)[C@@H](C)S(=O)(=O)NC(=O)c2ccc3c(c2)N(CCCCc2cc(Cl)ccc2CO3)CC2(C)CC[C@H]21. The van der Waals surface area contributed by atoms with Crippen LogP contribution in [0.15, 0.2) is 48.6 Å². The van der Waals surface area contributed by atoms with Gasteiger partial charge in [0.25, 0.3) is 5.91 Å². The molecule has 2 bridgehead atoms. The van der Waals surface area contributed by atoms with Gasteiger partial charge in [-0.25, -0.2) is 13.1 Å². The van der Waals surface area contributed by atoms with Crippen LogP contribution < -0.4 is 14.4 Å². The molecule has 2 aromatic rings. The topological polar surface area (TPSA) is 108 Å². The van der Waals surface area contributed by atoms with E-state index in [2.05, 4.69) is 41.6 Å². The number of allylic oxidation sites excluding steroid dienone is 1. The van der Waals surface area contributed by atoms with E-state index in [0.717, 1.165) is 55.3 Å². The number of anilines is 1. The Labute approximate surface area is 321 Å². The summed E-state index contributed by atoms with van der Waals surface area (Å²) in [6.45, 7) is 8.88. The van der Waals surface area contributed by atoms with Crippen LogP contribution in [0.2, 0.25) is 5.02 Å². The molecule has 1 saturated heterocycles. The predicted octanol–water partition coefficient (Wildman–Crippen LogP) is 6.46. The number of sulfonamides is 1. The molecule has 2 amide bonds. The fourth-order valence-corrected chi connectivity index (χ4v) is 10.4. The second kappa shape index (κ2) is 15.9. The first-order valence-corrected chi connectivity index (χ1v) is 21.1. The van der Waals surface area contributed by atoms with Gasteiger partial charge in [0.15, 0.2) is 0 Å². The van der Waals surface area contributed by atoms with E-state index in [0.29, 0.717) is 56.0 Å². The van der Waals surface area contributed by atoms with Crippen molar-refractivity contribution in [3.8, 4) is 5.75 Å². The Bertz CT molecular complexity index is 1820. The number of nitrogens with zero attached hydrogens (tertiary/aromatic N) is 3. The number of nitrogens with one attached hydrogen (secondary N) is 1. The lowest BCUT2D eigenvalue weighted by molar-refractivity contribution is -0.149. The summed E-state index contributed by atoms with van der Waals surface area (Å²) in [4.78, 5) is 34.3. The van der Waals surface area contributed by atoms with Crippen molar-refractivity contribution in [3.63, 3.8) is 0 Å². The number of rotatable bonds is 4. The number of fused-ring (bicyclic) bond motifs is 3. The first-order chi connectivity index (χ1) is 25.1. The van der Waals surface area contributed by atoms with Gasteiger partial charge in [-0.1, -0.05) is 43.7 Å². The molecular formula is C41H57ClN4O6S. The number of halogens is 1. The van der Waals surface area contributed by atoms with Crippen LogP contribution in [-0.4, -0.2) is 94.3 Å². The van der Waals surface area contributed by atoms with Gasteiger partial charge in [-0.15, -0.1) is 0 Å². The zero-order valence-corrected chi connectivity index (χ0v) is 33.8. The van der Waals surface area contributed by atoms with Crippen LogP contribution in [0, 0.1) is 17.3 Å². The normalized spacial score (nSPS) is 31.3. The second-order valence-corrected chi connectivity index (χ2v) is 18.9. The van der Waals surface area contributed by atoms with Crippen LogP contribution in [0.4, 0.5) is 5.69 Å². The number of amides is 2. The monoisotopic (exact) mass is 768 g/mol. The maximum Gasteiger partial charge on any atom is 0.264 e. The van der Waals surface area contributed by atoms with E-state index in [1.165, 1.54) is 0 Å². The van der Waals surface area contributed by atoms with Gasteiger partial charge in [-0.3, -0.25) is 9.59 Å². The Kier molecular flexibility index (Phi) is 11.9. The maximum absolute atomic E-state index is 14.1. The number of carbonyl (C=O) groups excluding carboxylic acids is 2. The highest BCUT2D eigenvalue weighted by atomic mass is 35.5. The van der Waals surface area contributed by atoms with Gasteiger partial charge in [0, 0.05) is 49.9 Å². The highest BCUT2D eigenvalue weighted by Gasteiger charge is 2.55. The van der Waals surface area contributed by atoms with Crippen LogP contribution in [0.1, 0.15) is 87.2 Å². The van der Waals surface area contributed by atoms with E-state index < -0.39 is 26.8 Å². The molecule has 6 atom stereocenters. The second-order valence-electron chi connectivity index (χ2n) is 16.4. The fraction of sp³-hybridized carbons (Fsp3) is 0.610. The minimum absolute atomic E-state index is 0.0113. The lowest BCUT2D eigenvalue weighted by Crippen LogP contribution is -2.58. The third-order valence-corrected chi connectivity index (χ3v) is 14.9. The molecule has 1 unspecified atom stereocenters. The zero-order chi connectivity index (χ0) is 38.1. The largest absolute Gasteiger partial charge is 0.487 e. The van der Waals surface area contributed by atoms with Gasteiger partial charge in [-0.2, -0.15) is 0 Å². The van der Waals surface area contributed by atoms with Gasteiger partial charge in [0.2, 0.25) is 15.9 Å². The molecule has 0 aromatic heterocycles. The molecular weight excluding hydrogens is 712 g/mol. The molecule has 0 spiro atoms. The molecule has 53 heavy (non-hydrogen) atoms. The molecule has 2 fully saturated rings. The Morgan fingerprint density at radius 2 is 1.89 bits per heavy atom. The van der Waals surface area contributed by atoms with Crippen LogP contribution in [-0.2, 0) is 32.6 Å². The lowest BCUT2D eigenvalue weighted by Gasteiger charge is -2.57. The Hall–Kier alpha value is -3.12. The number of benzene rings is 2. The molecule has 2 aromatic carbocycles. The standard InChI is InChI=1S/C41H57ClN4O6S/c1-28-10-9-18-41(51-6,24-38(47)45-21-17-34(25-45)44(4)5)37-16-19-40(37,3)27-46-20-8-7-11-30-22-33(42)14-12-32(30)26-52-36-15-13-31(23-35(36)46)39(48)43-53(49,50)29(28)2/h9,12-15,18,22-23,28-29,34,37H,7-8,10-11,16-17,19-21,24-27H2,1-6H3,(H,43,48)/b18-9+/t28-,29+,34+,37+,40?,41+/m0/s1. The lowest BCUT2D eigenvalue weighted by atomic mass is 9.54. The Balaban J connectivity index is 1.41. The Morgan fingerprint density at radius 1 is 1.09 bits per heavy atom. The van der Waals surface area contributed by atoms with Crippen molar-refractivity contribution in [1.29, 1.82) is 0 Å². The highest BCUT2D eigenvalue weighted by Crippen LogP contribution is 2.56. The van der Waals surface area contributed by atoms with E-state index >= 15 is 0 Å².